The van der Waals surface area contributed by atoms with Crippen molar-refractivity contribution >= 4 is 23.5 Å². The van der Waals surface area contributed by atoms with Crippen LogP contribution >= 0.6 is 0 Å². The molecule has 3 rings (SSSR count). The summed E-state index contributed by atoms with van der Waals surface area (Å²) in [7, 11) is 3.86. The van der Waals surface area contributed by atoms with Gasteiger partial charge < -0.3 is 20.9 Å². The summed E-state index contributed by atoms with van der Waals surface area (Å²) in [5, 5.41) is 9.23. The quantitative estimate of drug-likeness (QED) is 0.529. The molecule has 176 valence electrons. The van der Waals surface area contributed by atoms with Gasteiger partial charge in [-0.2, -0.15) is 0 Å². The van der Waals surface area contributed by atoms with E-state index in [1.807, 2.05) is 39.0 Å². The molecule has 0 aliphatic heterocycles. The summed E-state index contributed by atoms with van der Waals surface area (Å²) in [5.74, 6) is 0.183. The Bertz CT molecular complexity index is 989. The van der Waals surface area contributed by atoms with E-state index in [1.165, 1.54) is 12.3 Å². The minimum absolute atomic E-state index is 0.0540. The highest BCUT2D eigenvalue weighted by Crippen LogP contribution is 2.22. The van der Waals surface area contributed by atoms with Gasteiger partial charge in [-0.1, -0.05) is 6.08 Å². The highest BCUT2D eigenvalue weighted by molar-refractivity contribution is 5.99. The molecule has 0 bridgehead atoms. The predicted molar refractivity (Wildman–Crippen MR) is 129 cm³/mol. The normalized spacial score (nSPS) is 18.3. The van der Waals surface area contributed by atoms with Crippen molar-refractivity contribution in [2.45, 2.75) is 51.6 Å². The highest BCUT2D eigenvalue weighted by Gasteiger charge is 2.24. The third-order valence-electron chi connectivity index (χ3n) is 5.57. The number of carbonyl (C=O) groups is 2. The molecule has 1 saturated carbocycles. The van der Waals surface area contributed by atoms with Gasteiger partial charge in [-0.05, 0) is 71.3 Å². The van der Waals surface area contributed by atoms with Gasteiger partial charge in [0.05, 0.1) is 11.9 Å². The predicted octanol–water partition coefficient (Wildman–Crippen LogP) is 2.70. The third kappa shape index (κ3) is 7.64. The van der Waals surface area contributed by atoms with Gasteiger partial charge in [0.2, 0.25) is 11.9 Å². The van der Waals surface area contributed by atoms with Crippen LogP contribution in [-0.4, -0.2) is 64.4 Å². The maximum atomic E-state index is 12.7. The Balaban J connectivity index is 1.50. The first kappa shape index (κ1) is 24.3. The zero-order chi connectivity index (χ0) is 23.8. The average molecular weight is 452 g/mol. The van der Waals surface area contributed by atoms with E-state index in [0.717, 1.165) is 36.9 Å². The fourth-order valence-electron chi connectivity index (χ4n) is 3.65. The van der Waals surface area contributed by atoms with Crippen molar-refractivity contribution < 1.29 is 9.59 Å². The summed E-state index contributed by atoms with van der Waals surface area (Å²) < 4.78 is 0. The van der Waals surface area contributed by atoms with E-state index in [2.05, 4.69) is 30.9 Å². The van der Waals surface area contributed by atoms with Gasteiger partial charge in [0, 0.05) is 36.6 Å². The summed E-state index contributed by atoms with van der Waals surface area (Å²) in [6.07, 6.45) is 10.3. The van der Waals surface area contributed by atoms with Crippen LogP contribution in [0.5, 0.6) is 0 Å². The summed E-state index contributed by atoms with van der Waals surface area (Å²) in [5.41, 5.74) is 2.89. The van der Waals surface area contributed by atoms with Crippen LogP contribution in [-0.2, 0) is 4.79 Å². The second kappa shape index (κ2) is 11.5. The number of hydrogen-bond donors (Lipinski definition) is 3. The van der Waals surface area contributed by atoms with Crippen LogP contribution in [0.2, 0.25) is 0 Å². The number of carbonyl (C=O) groups excluding carboxylic acids is 2. The van der Waals surface area contributed by atoms with E-state index < -0.39 is 0 Å². The molecule has 2 aromatic rings. The molecular weight excluding hydrogens is 418 g/mol. The number of aryl methyl sites for hydroxylation is 2. The lowest BCUT2D eigenvalue weighted by Gasteiger charge is -2.30. The second-order valence-electron chi connectivity index (χ2n) is 8.73. The average Bonchev–Trinajstić information content (AvgIpc) is 2.77. The number of nitrogens with one attached hydrogen (secondary N) is 3. The van der Waals surface area contributed by atoms with Crippen LogP contribution in [0.1, 0.15) is 47.4 Å². The largest absolute Gasteiger partial charge is 0.351 e. The SMILES string of the molecule is Cc1cnc(NC2CCCC(NC(=O)c3ccc(NC(=O)C=CCN(C)C)cn3)C2)nc1C. The Hall–Kier alpha value is -3.33. The molecule has 0 aromatic carbocycles. The Labute approximate surface area is 195 Å². The molecule has 3 N–H and O–H groups in total. The van der Waals surface area contributed by atoms with Crippen molar-refractivity contribution in [1.29, 1.82) is 0 Å². The van der Waals surface area contributed by atoms with Crippen molar-refractivity contribution in [1.82, 2.24) is 25.2 Å². The van der Waals surface area contributed by atoms with Crippen molar-refractivity contribution in [3.63, 3.8) is 0 Å². The summed E-state index contributed by atoms with van der Waals surface area (Å²) >= 11 is 0. The molecule has 9 nitrogen and oxygen atoms in total. The minimum Gasteiger partial charge on any atom is -0.351 e. The molecule has 2 atom stereocenters. The van der Waals surface area contributed by atoms with Gasteiger partial charge >= 0.3 is 0 Å². The van der Waals surface area contributed by atoms with E-state index in [-0.39, 0.29) is 23.9 Å². The van der Waals surface area contributed by atoms with E-state index in [4.69, 9.17) is 0 Å². The molecule has 1 aliphatic rings. The number of rotatable bonds is 8. The number of likely N-dealkylation sites (N-methyl/N-ethyl adjacent to an activating group) is 1. The van der Waals surface area contributed by atoms with E-state index in [0.29, 0.717) is 23.9 Å². The Kier molecular flexibility index (Phi) is 8.48. The molecule has 2 aromatic heterocycles. The van der Waals surface area contributed by atoms with E-state index in [9.17, 15) is 9.59 Å². The first-order valence-corrected chi connectivity index (χ1v) is 11.3. The molecule has 1 aliphatic carbocycles. The lowest BCUT2D eigenvalue weighted by atomic mass is 9.91. The zero-order valence-electron chi connectivity index (χ0n) is 19.8. The Morgan fingerprint density at radius 2 is 1.91 bits per heavy atom. The Morgan fingerprint density at radius 1 is 1.12 bits per heavy atom. The number of aromatic nitrogens is 3. The molecule has 2 unspecified atom stereocenters. The highest BCUT2D eigenvalue weighted by atomic mass is 16.2. The van der Waals surface area contributed by atoms with Crippen LogP contribution < -0.4 is 16.0 Å². The van der Waals surface area contributed by atoms with Crippen LogP contribution in [0.25, 0.3) is 0 Å². The van der Waals surface area contributed by atoms with Crippen LogP contribution in [0.3, 0.4) is 0 Å². The van der Waals surface area contributed by atoms with Gasteiger partial charge in [-0.25, -0.2) is 15.0 Å². The lowest BCUT2D eigenvalue weighted by molar-refractivity contribution is -0.111. The molecule has 2 amide bonds. The Morgan fingerprint density at radius 3 is 2.61 bits per heavy atom. The standard InChI is InChI=1S/C24H33N7O2/c1-16-14-26-24(27-17(16)2)30-19-8-5-7-18(13-19)29-23(33)21-11-10-20(15-25-21)28-22(32)9-6-12-31(3)4/h6,9-11,14-15,18-19H,5,7-8,12-13H2,1-4H3,(H,28,32)(H,29,33)(H,26,27,30). The van der Waals surface area contributed by atoms with Crippen molar-refractivity contribution in [3.05, 3.63) is 53.6 Å². The van der Waals surface area contributed by atoms with Crippen LogP contribution in [0.15, 0.2) is 36.7 Å². The summed E-state index contributed by atoms with van der Waals surface area (Å²) in [6.45, 7) is 4.64. The molecule has 0 radical (unpaired) electrons. The van der Waals surface area contributed by atoms with Gasteiger partial charge in [-0.3, -0.25) is 9.59 Å². The number of nitrogens with zero attached hydrogens (tertiary/aromatic N) is 4. The second-order valence-corrected chi connectivity index (χ2v) is 8.73. The number of pyridine rings is 1. The van der Waals surface area contributed by atoms with Crippen LogP contribution in [0, 0.1) is 13.8 Å². The smallest absolute Gasteiger partial charge is 0.270 e. The van der Waals surface area contributed by atoms with Crippen molar-refractivity contribution in [3.8, 4) is 0 Å². The maximum Gasteiger partial charge on any atom is 0.270 e. The van der Waals surface area contributed by atoms with E-state index >= 15 is 0 Å². The third-order valence-corrected chi connectivity index (χ3v) is 5.57. The van der Waals surface area contributed by atoms with Crippen LogP contribution in [0.4, 0.5) is 11.6 Å². The van der Waals surface area contributed by atoms with Gasteiger partial charge in [0.1, 0.15) is 5.69 Å². The zero-order valence-corrected chi connectivity index (χ0v) is 19.8. The maximum absolute atomic E-state index is 12.7. The molecule has 9 heteroatoms. The molecule has 0 spiro atoms. The molecule has 0 saturated heterocycles. The van der Waals surface area contributed by atoms with Gasteiger partial charge in [0.15, 0.2) is 0 Å². The number of amides is 2. The fraction of sp³-hybridized carbons (Fsp3) is 0.458. The van der Waals surface area contributed by atoms with Gasteiger partial charge in [-0.15, -0.1) is 0 Å². The van der Waals surface area contributed by atoms with Crippen molar-refractivity contribution in [2.75, 3.05) is 31.3 Å². The topological polar surface area (TPSA) is 112 Å². The van der Waals surface area contributed by atoms with Crippen molar-refractivity contribution in [2.24, 2.45) is 0 Å². The first-order valence-electron chi connectivity index (χ1n) is 11.3. The number of anilines is 2. The minimum atomic E-state index is -0.232. The monoisotopic (exact) mass is 451 g/mol. The number of hydrogen-bond acceptors (Lipinski definition) is 7. The molecule has 33 heavy (non-hydrogen) atoms. The first-order chi connectivity index (χ1) is 15.8. The van der Waals surface area contributed by atoms with E-state index in [1.54, 1.807) is 18.2 Å². The molecule has 2 heterocycles. The molecule has 1 fully saturated rings. The fourth-order valence-corrected chi connectivity index (χ4v) is 3.65. The summed E-state index contributed by atoms with van der Waals surface area (Å²) in [6, 6.07) is 3.56. The lowest BCUT2D eigenvalue weighted by Crippen LogP contribution is -2.42. The van der Waals surface area contributed by atoms with Gasteiger partial charge in [0.25, 0.3) is 5.91 Å². The summed E-state index contributed by atoms with van der Waals surface area (Å²) in [4.78, 5) is 39.6. The molecular formula is C24H33N7O2.